The van der Waals surface area contributed by atoms with Crippen LogP contribution >= 0.6 is 0 Å². The lowest BCUT2D eigenvalue weighted by molar-refractivity contribution is -0.140. The molecule has 0 saturated heterocycles. The van der Waals surface area contributed by atoms with Gasteiger partial charge in [0.1, 0.15) is 12.4 Å². The molecule has 0 aliphatic carbocycles. The number of nitrogens with zero attached hydrogens (tertiary/aromatic N) is 2. The Morgan fingerprint density at radius 3 is 2.70 bits per heavy atom. The second kappa shape index (κ2) is 5.02. The van der Waals surface area contributed by atoms with E-state index in [1.165, 1.54) is 6.07 Å². The van der Waals surface area contributed by atoms with Crippen molar-refractivity contribution in [2.24, 2.45) is 10.7 Å². The number of aliphatic imine (C=N–C) groups is 1. The van der Waals surface area contributed by atoms with Crippen LogP contribution < -0.4 is 15.8 Å². The molecule has 0 aromatic heterocycles. The van der Waals surface area contributed by atoms with Crippen molar-refractivity contribution in [3.63, 3.8) is 0 Å². The highest BCUT2D eigenvalue weighted by molar-refractivity contribution is 5.85. The lowest BCUT2D eigenvalue weighted by Gasteiger charge is -2.36. The summed E-state index contributed by atoms with van der Waals surface area (Å²) < 4.78 is 51.6. The molecule has 1 heterocycles. The van der Waals surface area contributed by atoms with Crippen LogP contribution in [0, 0.1) is 5.82 Å². The predicted molar refractivity (Wildman–Crippen MR) is 68.5 cm³/mol. The fourth-order valence-electron chi connectivity index (χ4n) is 2.10. The molecular formula is C12H15F4N4+. The molecule has 20 heavy (non-hydrogen) atoms. The van der Waals surface area contributed by atoms with E-state index in [2.05, 4.69) is 10.4 Å². The van der Waals surface area contributed by atoms with Crippen molar-refractivity contribution in [2.45, 2.75) is 6.18 Å². The molecule has 2 rings (SSSR count). The minimum Gasteiger partial charge on any atom is -0.324 e. The number of halogens is 4. The van der Waals surface area contributed by atoms with Crippen molar-refractivity contribution in [1.29, 1.82) is 0 Å². The summed E-state index contributed by atoms with van der Waals surface area (Å²) in [5, 5.41) is 0. The number of quaternary nitrogens is 1. The molecule has 1 unspecified atom stereocenters. The molecule has 0 radical (unpaired) electrons. The molecule has 1 atom stereocenters. The first-order chi connectivity index (χ1) is 9.26. The molecule has 0 bridgehead atoms. The third-order valence-electron chi connectivity index (χ3n) is 3.24. The molecule has 0 spiro atoms. The van der Waals surface area contributed by atoms with E-state index in [-0.39, 0.29) is 11.1 Å². The van der Waals surface area contributed by atoms with Crippen LogP contribution in [0.15, 0.2) is 23.2 Å². The van der Waals surface area contributed by atoms with Crippen LogP contribution in [0.3, 0.4) is 0 Å². The zero-order valence-electron chi connectivity index (χ0n) is 10.8. The fourth-order valence-corrected chi connectivity index (χ4v) is 2.10. The molecular weight excluding hydrogens is 276 g/mol. The van der Waals surface area contributed by atoms with Gasteiger partial charge < -0.3 is 5.73 Å². The fraction of sp³-hybridized carbons (Fsp3) is 0.417. The second-order valence-electron chi connectivity index (χ2n) is 4.72. The van der Waals surface area contributed by atoms with Gasteiger partial charge in [0.15, 0.2) is 11.5 Å². The molecule has 110 valence electrons. The number of hydrogen-bond acceptors (Lipinski definition) is 3. The number of likely N-dealkylation sites (N-methyl/N-ethyl adjacent to an activating group) is 1. The molecule has 1 aromatic carbocycles. The number of alkyl halides is 3. The third-order valence-corrected chi connectivity index (χ3v) is 3.24. The van der Waals surface area contributed by atoms with E-state index in [1.54, 1.807) is 7.05 Å². The Balaban J connectivity index is 2.41. The summed E-state index contributed by atoms with van der Waals surface area (Å²) >= 11 is 0. The normalized spacial score (nSPS) is 23.2. The van der Waals surface area contributed by atoms with Gasteiger partial charge in [-0.1, -0.05) is 0 Å². The summed E-state index contributed by atoms with van der Waals surface area (Å²) in [7, 11) is 1.69. The van der Waals surface area contributed by atoms with Gasteiger partial charge in [0.2, 0.25) is 0 Å². The highest BCUT2D eigenvalue weighted by Gasteiger charge is 2.38. The van der Waals surface area contributed by atoms with Gasteiger partial charge in [0.05, 0.1) is 25.7 Å². The first-order valence-corrected chi connectivity index (χ1v) is 6.01. The maximum Gasteiger partial charge on any atom is 0.419 e. The van der Waals surface area contributed by atoms with Gasteiger partial charge >= 0.3 is 6.18 Å². The van der Waals surface area contributed by atoms with Gasteiger partial charge in [0, 0.05) is 12.1 Å². The van der Waals surface area contributed by atoms with E-state index in [9.17, 15) is 17.6 Å². The first kappa shape index (κ1) is 14.7. The van der Waals surface area contributed by atoms with Crippen LogP contribution in [0.25, 0.3) is 0 Å². The number of hydrogen-bond donors (Lipinski definition) is 2. The highest BCUT2D eigenvalue weighted by Crippen LogP contribution is 2.34. The SMILES string of the molecule is C[N+]1(c2ccc(F)c(C(F)(F)F)c2)CCN=C(CN)N1. The smallest absolute Gasteiger partial charge is 0.324 e. The lowest BCUT2D eigenvalue weighted by atomic mass is 10.1. The molecule has 3 N–H and O–H groups in total. The Morgan fingerprint density at radius 1 is 1.40 bits per heavy atom. The van der Waals surface area contributed by atoms with Gasteiger partial charge in [-0.2, -0.15) is 17.8 Å². The number of rotatable bonds is 2. The summed E-state index contributed by atoms with van der Waals surface area (Å²) in [6.07, 6.45) is -4.72. The minimum atomic E-state index is -4.72. The maximum absolute atomic E-state index is 13.3. The van der Waals surface area contributed by atoms with E-state index in [1.807, 2.05) is 0 Å². The van der Waals surface area contributed by atoms with E-state index in [0.29, 0.717) is 24.6 Å². The van der Waals surface area contributed by atoms with E-state index >= 15 is 0 Å². The van der Waals surface area contributed by atoms with Crippen LogP contribution in [0.2, 0.25) is 0 Å². The van der Waals surface area contributed by atoms with E-state index in [0.717, 1.165) is 12.1 Å². The largest absolute Gasteiger partial charge is 0.419 e. The minimum absolute atomic E-state index is 0.000602. The number of nitrogens with one attached hydrogen (secondary N) is 1. The molecule has 0 amide bonds. The Labute approximate surface area is 113 Å². The molecule has 1 aliphatic rings. The van der Waals surface area contributed by atoms with Crippen molar-refractivity contribution in [1.82, 2.24) is 10.0 Å². The Hall–Kier alpha value is -1.67. The lowest BCUT2D eigenvalue weighted by Crippen LogP contribution is -2.63. The molecule has 8 heteroatoms. The van der Waals surface area contributed by atoms with Crippen molar-refractivity contribution in [3.8, 4) is 0 Å². The van der Waals surface area contributed by atoms with Crippen molar-refractivity contribution < 1.29 is 17.6 Å². The second-order valence-corrected chi connectivity index (χ2v) is 4.72. The van der Waals surface area contributed by atoms with Crippen LogP contribution in [-0.2, 0) is 6.18 Å². The van der Waals surface area contributed by atoms with Crippen LogP contribution in [0.1, 0.15) is 5.56 Å². The van der Waals surface area contributed by atoms with Crippen molar-refractivity contribution in [3.05, 3.63) is 29.6 Å². The third kappa shape index (κ3) is 2.75. The molecule has 0 saturated carbocycles. The standard InChI is InChI=1S/C12H15F4N4/c1-20(5-4-18-11(7-17)19-20)8-2-3-10(13)9(6-8)12(14,15)16/h2-3,6H,4-5,7,17H2,1H3,(H,18,19)/q+1. The first-order valence-electron chi connectivity index (χ1n) is 6.01. The van der Waals surface area contributed by atoms with Gasteiger partial charge in [-0.3, -0.25) is 4.99 Å². The summed E-state index contributed by atoms with van der Waals surface area (Å²) in [5.41, 5.74) is 7.48. The zero-order valence-corrected chi connectivity index (χ0v) is 10.8. The zero-order chi connectivity index (χ0) is 15.0. The summed E-state index contributed by atoms with van der Waals surface area (Å²) in [4.78, 5) is 4.13. The quantitative estimate of drug-likeness (QED) is 0.643. The van der Waals surface area contributed by atoms with Crippen LogP contribution in [0.4, 0.5) is 23.2 Å². The van der Waals surface area contributed by atoms with Gasteiger partial charge in [-0.15, -0.1) is 0 Å². The summed E-state index contributed by atoms with van der Waals surface area (Å²) in [6.45, 7) is 1.06. The Morgan fingerprint density at radius 2 is 2.10 bits per heavy atom. The molecule has 4 nitrogen and oxygen atoms in total. The maximum atomic E-state index is 13.3. The number of nitrogens with two attached hydrogens (primary N) is 1. The summed E-state index contributed by atoms with van der Waals surface area (Å²) in [5.74, 6) is -0.769. The van der Waals surface area contributed by atoms with Crippen molar-refractivity contribution >= 4 is 11.5 Å². The molecule has 1 aliphatic heterocycles. The van der Waals surface area contributed by atoms with Gasteiger partial charge in [-0.05, 0) is 6.07 Å². The topological polar surface area (TPSA) is 50.4 Å². The summed E-state index contributed by atoms with van der Waals surface area (Å²) in [6, 6.07) is 2.98. The average Bonchev–Trinajstić information content (AvgIpc) is 2.37. The Kier molecular flexibility index (Phi) is 3.70. The average molecular weight is 291 g/mol. The Bertz CT molecular complexity index is 541. The number of amidine groups is 1. The van der Waals surface area contributed by atoms with Crippen LogP contribution in [-0.4, -0.2) is 32.5 Å². The molecule has 1 aromatic rings. The van der Waals surface area contributed by atoms with Gasteiger partial charge in [-0.25, -0.2) is 9.82 Å². The van der Waals surface area contributed by atoms with Crippen LogP contribution in [0.5, 0.6) is 0 Å². The predicted octanol–water partition coefficient (Wildman–Crippen LogP) is 1.66. The van der Waals surface area contributed by atoms with E-state index in [4.69, 9.17) is 5.73 Å². The van der Waals surface area contributed by atoms with E-state index < -0.39 is 17.6 Å². The monoisotopic (exact) mass is 291 g/mol. The molecule has 0 fully saturated rings. The van der Waals surface area contributed by atoms with Crippen molar-refractivity contribution in [2.75, 3.05) is 26.7 Å². The highest BCUT2D eigenvalue weighted by atomic mass is 19.4. The number of benzene rings is 1. The van der Waals surface area contributed by atoms with Gasteiger partial charge in [0.25, 0.3) is 0 Å².